The van der Waals surface area contributed by atoms with Gasteiger partial charge in [0, 0.05) is 10.0 Å². The van der Waals surface area contributed by atoms with Gasteiger partial charge in [0.15, 0.2) is 0 Å². The van der Waals surface area contributed by atoms with Gasteiger partial charge >= 0.3 is 0 Å². The lowest BCUT2D eigenvalue weighted by atomic mass is 9.94. The van der Waals surface area contributed by atoms with Crippen molar-refractivity contribution in [3.8, 4) is 5.75 Å². The third-order valence-corrected chi connectivity index (χ3v) is 4.75. The Kier molecular flexibility index (Phi) is 6.00. The monoisotopic (exact) mass is 332 g/mol. The molecule has 2 unspecified atom stereocenters. The molecule has 0 radical (unpaired) electrons. The fraction of sp³-hybridized carbons (Fsp3) is 0.600. The highest BCUT2D eigenvalue weighted by Gasteiger charge is 2.21. The van der Waals surface area contributed by atoms with Crippen molar-refractivity contribution in [3.05, 3.63) is 27.2 Å². The first-order valence-electron chi connectivity index (χ1n) is 6.39. The van der Waals surface area contributed by atoms with E-state index in [-0.39, 0.29) is 5.38 Å². The second-order valence-corrected chi connectivity index (χ2v) is 6.35. The summed E-state index contributed by atoms with van der Waals surface area (Å²) in [6.07, 6.45) is 2.13. The Morgan fingerprint density at radius 1 is 1.39 bits per heavy atom. The average molecular weight is 334 g/mol. The molecule has 1 aromatic carbocycles. The van der Waals surface area contributed by atoms with Crippen LogP contribution < -0.4 is 4.74 Å². The second kappa shape index (κ2) is 6.81. The molecule has 0 saturated carbocycles. The van der Waals surface area contributed by atoms with E-state index in [0.29, 0.717) is 5.92 Å². The van der Waals surface area contributed by atoms with E-state index in [9.17, 15) is 0 Å². The fourth-order valence-corrected chi connectivity index (χ4v) is 3.29. The average Bonchev–Trinajstić information content (AvgIpc) is 2.32. The van der Waals surface area contributed by atoms with Crippen LogP contribution in [0.2, 0.25) is 0 Å². The van der Waals surface area contributed by atoms with Crippen molar-refractivity contribution in [2.24, 2.45) is 5.92 Å². The summed E-state index contributed by atoms with van der Waals surface area (Å²) >= 11 is 10.2. The number of methoxy groups -OCH3 is 1. The summed E-state index contributed by atoms with van der Waals surface area (Å²) in [4.78, 5) is 0. The van der Waals surface area contributed by atoms with E-state index in [2.05, 4.69) is 49.7 Å². The van der Waals surface area contributed by atoms with Crippen molar-refractivity contribution in [2.75, 3.05) is 7.11 Å². The van der Waals surface area contributed by atoms with Gasteiger partial charge in [-0.2, -0.15) is 0 Å². The standard InChI is InChI=1S/C15H22BrClO/c1-6-9(2)7-13(17)14-11(4)12(16)8-10(3)15(14)18-5/h8-9,13H,6-7H2,1-5H3. The number of ether oxygens (including phenoxy) is 1. The Morgan fingerprint density at radius 2 is 2.00 bits per heavy atom. The first kappa shape index (κ1) is 15.8. The van der Waals surface area contributed by atoms with Crippen molar-refractivity contribution < 1.29 is 4.74 Å². The number of alkyl halides is 1. The summed E-state index contributed by atoms with van der Waals surface area (Å²) in [6, 6.07) is 2.09. The van der Waals surface area contributed by atoms with Crippen molar-refractivity contribution in [1.82, 2.24) is 0 Å². The quantitative estimate of drug-likeness (QED) is 0.620. The van der Waals surface area contributed by atoms with Gasteiger partial charge in [-0.05, 0) is 43.4 Å². The van der Waals surface area contributed by atoms with Gasteiger partial charge in [-0.25, -0.2) is 0 Å². The first-order valence-corrected chi connectivity index (χ1v) is 7.62. The van der Waals surface area contributed by atoms with Crippen LogP contribution in [0.15, 0.2) is 10.5 Å². The lowest BCUT2D eigenvalue weighted by Crippen LogP contribution is -2.05. The molecule has 0 amide bonds. The summed E-state index contributed by atoms with van der Waals surface area (Å²) < 4.78 is 6.65. The Labute approximate surface area is 124 Å². The number of aryl methyl sites for hydroxylation is 1. The van der Waals surface area contributed by atoms with Gasteiger partial charge in [0.1, 0.15) is 5.75 Å². The lowest BCUT2D eigenvalue weighted by molar-refractivity contribution is 0.401. The van der Waals surface area contributed by atoms with Gasteiger partial charge in [0.2, 0.25) is 0 Å². The molecule has 0 aliphatic heterocycles. The van der Waals surface area contributed by atoms with Crippen LogP contribution in [-0.4, -0.2) is 7.11 Å². The molecular formula is C15H22BrClO. The summed E-state index contributed by atoms with van der Waals surface area (Å²) in [5.41, 5.74) is 3.44. The second-order valence-electron chi connectivity index (χ2n) is 4.96. The highest BCUT2D eigenvalue weighted by atomic mass is 79.9. The number of halogens is 2. The van der Waals surface area contributed by atoms with Gasteiger partial charge in [-0.15, -0.1) is 11.6 Å². The number of benzene rings is 1. The van der Waals surface area contributed by atoms with E-state index >= 15 is 0 Å². The van der Waals surface area contributed by atoms with Gasteiger partial charge in [0.25, 0.3) is 0 Å². The zero-order valence-electron chi connectivity index (χ0n) is 11.8. The molecule has 0 bridgehead atoms. The third-order valence-electron chi connectivity index (χ3n) is 3.53. The largest absolute Gasteiger partial charge is 0.496 e. The summed E-state index contributed by atoms with van der Waals surface area (Å²) in [6.45, 7) is 8.58. The van der Waals surface area contributed by atoms with E-state index < -0.39 is 0 Å². The summed E-state index contributed by atoms with van der Waals surface area (Å²) in [5, 5.41) is 0.00565. The number of hydrogen-bond donors (Lipinski definition) is 0. The minimum Gasteiger partial charge on any atom is -0.496 e. The molecule has 0 aromatic heterocycles. The molecule has 18 heavy (non-hydrogen) atoms. The third kappa shape index (κ3) is 3.42. The fourth-order valence-electron chi connectivity index (χ4n) is 2.16. The van der Waals surface area contributed by atoms with Gasteiger partial charge in [0.05, 0.1) is 12.5 Å². The van der Waals surface area contributed by atoms with E-state index in [1.807, 2.05) is 0 Å². The summed E-state index contributed by atoms with van der Waals surface area (Å²) in [5.74, 6) is 1.55. The number of hydrogen-bond acceptors (Lipinski definition) is 1. The molecule has 1 nitrogen and oxygen atoms in total. The maximum atomic E-state index is 6.61. The van der Waals surface area contributed by atoms with Crippen LogP contribution in [0.5, 0.6) is 5.75 Å². The summed E-state index contributed by atoms with van der Waals surface area (Å²) in [7, 11) is 1.71. The molecular weight excluding hydrogens is 312 g/mol. The molecule has 3 heteroatoms. The smallest absolute Gasteiger partial charge is 0.126 e. The van der Waals surface area contributed by atoms with Crippen LogP contribution in [0.4, 0.5) is 0 Å². The molecule has 0 aliphatic rings. The predicted octanol–water partition coefficient (Wildman–Crippen LogP) is 5.79. The van der Waals surface area contributed by atoms with Crippen LogP contribution in [0.1, 0.15) is 48.8 Å². The number of rotatable bonds is 5. The normalized spacial score (nSPS) is 14.4. The molecule has 1 aromatic rings. The minimum atomic E-state index is 0.00565. The molecule has 0 spiro atoms. The SMILES string of the molecule is CCC(C)CC(Cl)c1c(C)c(Br)cc(C)c1OC. The van der Waals surface area contributed by atoms with Crippen LogP contribution in [0.25, 0.3) is 0 Å². The predicted molar refractivity (Wildman–Crippen MR) is 82.8 cm³/mol. The Bertz CT molecular complexity index is 417. The van der Waals surface area contributed by atoms with Crippen LogP contribution in [0.3, 0.4) is 0 Å². The van der Waals surface area contributed by atoms with Gasteiger partial charge in [-0.3, -0.25) is 0 Å². The zero-order chi connectivity index (χ0) is 13.9. The maximum absolute atomic E-state index is 6.61. The van der Waals surface area contributed by atoms with E-state index in [4.69, 9.17) is 16.3 Å². The van der Waals surface area contributed by atoms with E-state index in [1.54, 1.807) is 7.11 Å². The van der Waals surface area contributed by atoms with E-state index in [1.165, 1.54) is 5.56 Å². The van der Waals surface area contributed by atoms with Crippen molar-refractivity contribution >= 4 is 27.5 Å². The Balaban J connectivity index is 3.20. The molecule has 0 heterocycles. The molecule has 0 saturated heterocycles. The minimum absolute atomic E-state index is 0.00565. The van der Waals surface area contributed by atoms with Crippen molar-refractivity contribution in [3.63, 3.8) is 0 Å². The van der Waals surface area contributed by atoms with Crippen molar-refractivity contribution in [1.29, 1.82) is 0 Å². The molecule has 2 atom stereocenters. The Morgan fingerprint density at radius 3 is 2.50 bits per heavy atom. The lowest BCUT2D eigenvalue weighted by Gasteiger charge is -2.21. The van der Waals surface area contributed by atoms with Crippen LogP contribution in [-0.2, 0) is 0 Å². The topological polar surface area (TPSA) is 9.23 Å². The van der Waals surface area contributed by atoms with E-state index in [0.717, 1.165) is 34.2 Å². The molecule has 0 aliphatic carbocycles. The van der Waals surface area contributed by atoms with Gasteiger partial charge < -0.3 is 4.74 Å². The molecule has 102 valence electrons. The van der Waals surface area contributed by atoms with Crippen LogP contribution in [0, 0.1) is 19.8 Å². The highest BCUT2D eigenvalue weighted by molar-refractivity contribution is 9.10. The van der Waals surface area contributed by atoms with Gasteiger partial charge in [-0.1, -0.05) is 36.2 Å². The zero-order valence-corrected chi connectivity index (χ0v) is 14.2. The highest BCUT2D eigenvalue weighted by Crippen LogP contribution is 2.41. The molecule has 0 N–H and O–H groups in total. The Hall–Kier alpha value is -0.210. The molecule has 1 rings (SSSR count). The first-order chi connectivity index (χ1) is 8.42. The molecule has 0 fully saturated rings. The van der Waals surface area contributed by atoms with Crippen molar-refractivity contribution in [2.45, 2.75) is 45.9 Å². The maximum Gasteiger partial charge on any atom is 0.126 e. The van der Waals surface area contributed by atoms with Crippen LogP contribution >= 0.6 is 27.5 Å².